The van der Waals surface area contributed by atoms with Gasteiger partial charge in [0, 0.05) is 16.7 Å². The van der Waals surface area contributed by atoms with E-state index in [4.69, 9.17) is 0 Å². The Hall–Kier alpha value is -3.92. The van der Waals surface area contributed by atoms with Crippen molar-refractivity contribution in [3.63, 3.8) is 0 Å². The van der Waals surface area contributed by atoms with E-state index >= 15 is 0 Å². The molecule has 2 aliphatic carbocycles. The molecule has 2 aromatic carbocycles. The minimum atomic E-state index is -0.0993. The fraction of sp³-hybridized carbons (Fsp3) is 0.143. The number of phenolic OH excluding ortho intramolecular Hbond substituents is 2. The van der Waals surface area contributed by atoms with Gasteiger partial charge in [0.25, 0.3) is 0 Å². The molecule has 0 spiro atoms. The fourth-order valence-electron chi connectivity index (χ4n) is 3.96. The second kappa shape index (κ2) is 8.67. The van der Waals surface area contributed by atoms with Crippen molar-refractivity contribution in [3.05, 3.63) is 101 Å². The van der Waals surface area contributed by atoms with Crippen molar-refractivity contribution in [2.24, 2.45) is 0 Å². The van der Waals surface area contributed by atoms with Crippen molar-refractivity contribution in [2.45, 2.75) is 26.7 Å². The zero-order valence-electron chi connectivity index (χ0n) is 18.1. The van der Waals surface area contributed by atoms with E-state index in [0.29, 0.717) is 35.1 Å². The van der Waals surface area contributed by atoms with Crippen LogP contribution in [0.4, 0.5) is 0 Å². The molecule has 160 valence electrons. The van der Waals surface area contributed by atoms with Crippen LogP contribution in [0.2, 0.25) is 0 Å². The number of aryl methyl sites for hydroxylation is 1. The van der Waals surface area contributed by atoms with E-state index in [9.17, 15) is 19.8 Å². The number of Topliss-reactive ketones (excluding diaryl/α,β-unsaturated/α-hetero) is 1. The first kappa shape index (κ1) is 21.3. The lowest BCUT2D eigenvalue weighted by atomic mass is 9.84. The molecule has 32 heavy (non-hydrogen) atoms. The topological polar surface area (TPSA) is 74.6 Å². The third-order valence-corrected chi connectivity index (χ3v) is 5.79. The van der Waals surface area contributed by atoms with Crippen LogP contribution in [0.1, 0.15) is 31.4 Å². The normalized spacial score (nSPS) is 15.8. The molecule has 2 aromatic rings. The third kappa shape index (κ3) is 4.00. The Bertz CT molecular complexity index is 1250. The maximum atomic E-state index is 13.0. The standard InChI is InChI=1S/C28H24O4/c1-3-17-13-21(15-25(27(17)31)19-5-9-23(29)10-6-19)22-14-18(4-2)28(32)26(16-22)20-7-11-24(30)12-8-20/h5-16,29,31H,3-4H2,1-2H3. The molecule has 0 radical (unpaired) electrons. The van der Waals surface area contributed by atoms with Gasteiger partial charge in [-0.2, -0.15) is 0 Å². The zero-order valence-corrected chi connectivity index (χ0v) is 18.1. The predicted octanol–water partition coefficient (Wildman–Crippen LogP) is 5.62. The zero-order chi connectivity index (χ0) is 22.8. The van der Waals surface area contributed by atoms with Crippen molar-refractivity contribution in [2.75, 3.05) is 0 Å². The lowest BCUT2D eigenvalue weighted by molar-refractivity contribution is -0.112. The summed E-state index contributed by atoms with van der Waals surface area (Å²) in [5, 5.41) is 20.5. The number of carbonyl (C=O) groups excluding carboxylic acids is 2. The number of allylic oxidation sites excluding steroid dienone is 10. The van der Waals surface area contributed by atoms with Crippen molar-refractivity contribution in [1.29, 1.82) is 0 Å². The average molecular weight is 424 g/mol. The summed E-state index contributed by atoms with van der Waals surface area (Å²) in [6, 6.07) is 10.6. The summed E-state index contributed by atoms with van der Waals surface area (Å²) in [6.07, 6.45) is 11.3. The van der Waals surface area contributed by atoms with Crippen molar-refractivity contribution >= 4 is 17.1 Å². The summed E-state index contributed by atoms with van der Waals surface area (Å²) in [5.41, 5.74) is 5.97. The number of aromatic hydroxyl groups is 2. The van der Waals surface area contributed by atoms with E-state index in [2.05, 4.69) is 0 Å². The Morgan fingerprint density at radius 1 is 0.781 bits per heavy atom. The van der Waals surface area contributed by atoms with Gasteiger partial charge in [-0.3, -0.25) is 9.59 Å². The second-order valence-corrected chi connectivity index (χ2v) is 7.82. The molecule has 0 atom stereocenters. The van der Waals surface area contributed by atoms with Gasteiger partial charge in [-0.1, -0.05) is 38.1 Å². The van der Waals surface area contributed by atoms with Gasteiger partial charge >= 0.3 is 0 Å². The van der Waals surface area contributed by atoms with Crippen LogP contribution in [0, 0.1) is 0 Å². The van der Waals surface area contributed by atoms with Gasteiger partial charge < -0.3 is 10.2 Å². The Morgan fingerprint density at radius 3 is 2.09 bits per heavy atom. The van der Waals surface area contributed by atoms with Gasteiger partial charge in [0.05, 0.1) is 0 Å². The Morgan fingerprint density at radius 2 is 1.47 bits per heavy atom. The average Bonchev–Trinajstić information content (AvgIpc) is 2.81. The minimum absolute atomic E-state index is 0.0387. The largest absolute Gasteiger partial charge is 0.508 e. The summed E-state index contributed by atoms with van der Waals surface area (Å²) in [6.45, 7) is 3.93. The van der Waals surface area contributed by atoms with Crippen LogP contribution in [0.15, 0.2) is 89.6 Å². The number of phenols is 2. The first-order valence-electron chi connectivity index (χ1n) is 10.7. The van der Waals surface area contributed by atoms with E-state index in [0.717, 1.165) is 22.3 Å². The van der Waals surface area contributed by atoms with E-state index < -0.39 is 0 Å². The lowest BCUT2D eigenvalue weighted by Gasteiger charge is -2.19. The van der Waals surface area contributed by atoms with E-state index in [1.165, 1.54) is 12.2 Å². The molecule has 0 aromatic heterocycles. The van der Waals surface area contributed by atoms with E-state index in [-0.39, 0.29) is 23.1 Å². The first-order valence-corrected chi connectivity index (χ1v) is 10.7. The Kier molecular flexibility index (Phi) is 5.78. The quantitative estimate of drug-likeness (QED) is 0.625. The molecular formula is C28H24O4. The maximum Gasteiger partial charge on any atom is 0.189 e. The highest BCUT2D eigenvalue weighted by Crippen LogP contribution is 2.38. The summed E-state index contributed by atoms with van der Waals surface area (Å²) >= 11 is 0. The van der Waals surface area contributed by atoms with Crippen LogP contribution in [0.25, 0.3) is 16.7 Å². The SMILES string of the molecule is CCC1=CC(c2cc(CC)c(O)c(-c3ccc(O)cc3)c2)=CC(=C2C=CC(=O)C=C2)C1=O. The third-order valence-electron chi connectivity index (χ3n) is 5.79. The van der Waals surface area contributed by atoms with Crippen LogP contribution in [-0.2, 0) is 16.0 Å². The van der Waals surface area contributed by atoms with Crippen molar-refractivity contribution < 1.29 is 19.8 Å². The van der Waals surface area contributed by atoms with Gasteiger partial charge in [-0.15, -0.1) is 0 Å². The van der Waals surface area contributed by atoms with Gasteiger partial charge in [-0.05, 0) is 89.2 Å². The summed E-state index contributed by atoms with van der Waals surface area (Å²) in [7, 11) is 0. The molecule has 2 aliphatic rings. The predicted molar refractivity (Wildman–Crippen MR) is 126 cm³/mol. The molecular weight excluding hydrogens is 400 g/mol. The van der Waals surface area contributed by atoms with Crippen molar-refractivity contribution in [3.8, 4) is 22.6 Å². The number of hydrogen-bond donors (Lipinski definition) is 2. The van der Waals surface area contributed by atoms with Crippen LogP contribution in [-0.4, -0.2) is 21.8 Å². The fourth-order valence-corrected chi connectivity index (χ4v) is 3.96. The number of hydrogen-bond acceptors (Lipinski definition) is 4. The summed E-state index contributed by atoms with van der Waals surface area (Å²) < 4.78 is 0. The van der Waals surface area contributed by atoms with Gasteiger partial charge in [-0.25, -0.2) is 0 Å². The molecule has 0 fully saturated rings. The van der Waals surface area contributed by atoms with Gasteiger partial charge in [0.1, 0.15) is 11.5 Å². The van der Waals surface area contributed by atoms with Crippen LogP contribution >= 0.6 is 0 Å². The molecule has 0 saturated heterocycles. The van der Waals surface area contributed by atoms with E-state index in [1.54, 1.807) is 36.4 Å². The second-order valence-electron chi connectivity index (χ2n) is 7.82. The highest BCUT2D eigenvalue weighted by atomic mass is 16.3. The molecule has 4 rings (SSSR count). The molecule has 0 unspecified atom stereocenters. The van der Waals surface area contributed by atoms with Crippen molar-refractivity contribution in [1.82, 2.24) is 0 Å². The first-order chi connectivity index (χ1) is 15.4. The minimum Gasteiger partial charge on any atom is -0.508 e. The molecule has 0 bridgehead atoms. The van der Waals surface area contributed by atoms with Crippen LogP contribution in [0.5, 0.6) is 11.5 Å². The van der Waals surface area contributed by atoms with Gasteiger partial charge in [0.15, 0.2) is 11.6 Å². The number of rotatable bonds is 4. The summed E-state index contributed by atoms with van der Waals surface area (Å²) in [5.74, 6) is 0.234. The van der Waals surface area contributed by atoms with E-state index in [1.807, 2.05) is 38.1 Å². The highest BCUT2D eigenvalue weighted by Gasteiger charge is 2.22. The number of benzene rings is 2. The smallest absolute Gasteiger partial charge is 0.189 e. The molecule has 0 heterocycles. The molecule has 0 amide bonds. The molecule has 4 heteroatoms. The number of carbonyl (C=O) groups is 2. The highest BCUT2D eigenvalue weighted by molar-refractivity contribution is 6.16. The number of ketones is 2. The van der Waals surface area contributed by atoms with Crippen LogP contribution in [0.3, 0.4) is 0 Å². The molecule has 2 N–H and O–H groups in total. The molecule has 4 nitrogen and oxygen atoms in total. The summed E-state index contributed by atoms with van der Waals surface area (Å²) in [4.78, 5) is 24.6. The Balaban J connectivity index is 1.90. The molecule has 0 aliphatic heterocycles. The Labute approximate surface area is 187 Å². The molecule has 0 saturated carbocycles. The van der Waals surface area contributed by atoms with Gasteiger partial charge in [0.2, 0.25) is 0 Å². The maximum absolute atomic E-state index is 13.0. The lowest BCUT2D eigenvalue weighted by Crippen LogP contribution is -2.12. The van der Waals surface area contributed by atoms with Crippen LogP contribution < -0.4 is 0 Å². The monoisotopic (exact) mass is 424 g/mol.